The maximum absolute atomic E-state index is 13.1. The topological polar surface area (TPSA) is 50.4 Å². The number of carbonyl (C=O) groups is 1. The molecule has 1 aliphatic heterocycles. The first kappa shape index (κ1) is 13.3. The number of morpholine rings is 1. The van der Waals surface area contributed by atoms with Gasteiger partial charge in [0.2, 0.25) is 5.91 Å². The van der Waals surface area contributed by atoms with Gasteiger partial charge in [0.05, 0.1) is 19.1 Å². The highest BCUT2D eigenvalue weighted by molar-refractivity contribution is 6.30. The zero-order valence-electron chi connectivity index (χ0n) is 9.71. The second kappa shape index (κ2) is 6.13. The van der Waals surface area contributed by atoms with E-state index in [9.17, 15) is 9.18 Å². The number of hydrogen-bond donors (Lipinski definition) is 2. The molecule has 1 heterocycles. The van der Waals surface area contributed by atoms with Gasteiger partial charge in [-0.2, -0.15) is 0 Å². The fraction of sp³-hybridized carbons (Fsp3) is 0.417. The van der Waals surface area contributed by atoms with Crippen LogP contribution in [0.2, 0.25) is 5.02 Å². The van der Waals surface area contributed by atoms with Crippen molar-refractivity contribution in [2.24, 2.45) is 0 Å². The van der Waals surface area contributed by atoms with E-state index >= 15 is 0 Å². The number of carbonyl (C=O) groups excluding carboxylic acids is 1. The monoisotopic (exact) mass is 272 g/mol. The Balaban J connectivity index is 1.89. The molecular weight excluding hydrogens is 259 g/mol. The van der Waals surface area contributed by atoms with Gasteiger partial charge in [-0.3, -0.25) is 4.79 Å². The van der Waals surface area contributed by atoms with Crippen molar-refractivity contribution in [3.05, 3.63) is 29.0 Å². The van der Waals surface area contributed by atoms with Crippen molar-refractivity contribution in [1.29, 1.82) is 0 Å². The molecule has 1 aromatic rings. The van der Waals surface area contributed by atoms with Crippen molar-refractivity contribution >= 4 is 23.2 Å². The molecule has 2 N–H and O–H groups in total. The average Bonchev–Trinajstić information content (AvgIpc) is 2.28. The van der Waals surface area contributed by atoms with Crippen molar-refractivity contribution in [2.45, 2.75) is 12.5 Å². The summed E-state index contributed by atoms with van der Waals surface area (Å²) >= 11 is 5.70. The van der Waals surface area contributed by atoms with E-state index in [0.717, 1.165) is 6.54 Å². The maximum Gasteiger partial charge on any atom is 0.227 e. The van der Waals surface area contributed by atoms with Crippen LogP contribution in [0.3, 0.4) is 0 Å². The minimum absolute atomic E-state index is 0.136. The number of anilines is 1. The first-order valence-electron chi connectivity index (χ1n) is 5.72. The minimum atomic E-state index is -0.478. The van der Waals surface area contributed by atoms with Crippen molar-refractivity contribution < 1.29 is 13.9 Å². The standard InChI is InChI=1S/C12H14ClFN2O2/c13-8-3-9(14)5-10(4-8)16-12(17)6-11-7-15-1-2-18-11/h3-5,11,15H,1-2,6-7H2,(H,16,17). The van der Waals surface area contributed by atoms with Gasteiger partial charge in [0.1, 0.15) is 5.82 Å². The summed E-state index contributed by atoms with van der Waals surface area (Å²) in [4.78, 5) is 11.7. The van der Waals surface area contributed by atoms with Crippen molar-refractivity contribution in [3.8, 4) is 0 Å². The minimum Gasteiger partial charge on any atom is -0.375 e. The number of rotatable bonds is 3. The van der Waals surface area contributed by atoms with Gasteiger partial charge < -0.3 is 15.4 Å². The van der Waals surface area contributed by atoms with Gasteiger partial charge in [0, 0.05) is 23.8 Å². The summed E-state index contributed by atoms with van der Waals surface area (Å²) < 4.78 is 18.5. The fourth-order valence-corrected chi connectivity index (χ4v) is 2.02. The Morgan fingerprint density at radius 2 is 2.39 bits per heavy atom. The lowest BCUT2D eigenvalue weighted by molar-refractivity contribution is -0.119. The van der Waals surface area contributed by atoms with Crippen LogP contribution in [-0.2, 0) is 9.53 Å². The molecule has 0 aliphatic carbocycles. The number of halogens is 2. The first-order chi connectivity index (χ1) is 8.63. The van der Waals surface area contributed by atoms with Crippen LogP contribution in [0.4, 0.5) is 10.1 Å². The molecule has 0 spiro atoms. The van der Waals surface area contributed by atoms with Crippen molar-refractivity contribution in [2.75, 3.05) is 25.0 Å². The zero-order valence-corrected chi connectivity index (χ0v) is 10.5. The molecule has 6 heteroatoms. The largest absolute Gasteiger partial charge is 0.375 e. The fourth-order valence-electron chi connectivity index (χ4n) is 1.80. The second-order valence-corrected chi connectivity index (χ2v) is 4.54. The highest BCUT2D eigenvalue weighted by Gasteiger charge is 2.17. The average molecular weight is 273 g/mol. The Labute approximate surface area is 109 Å². The summed E-state index contributed by atoms with van der Waals surface area (Å²) in [6.07, 6.45) is 0.101. The first-order valence-corrected chi connectivity index (χ1v) is 6.09. The lowest BCUT2D eigenvalue weighted by Gasteiger charge is -2.23. The van der Waals surface area contributed by atoms with E-state index in [1.54, 1.807) is 0 Å². The summed E-state index contributed by atoms with van der Waals surface area (Å²) in [5, 5.41) is 5.99. The van der Waals surface area contributed by atoms with Crippen LogP contribution in [0.5, 0.6) is 0 Å². The highest BCUT2D eigenvalue weighted by atomic mass is 35.5. The van der Waals surface area contributed by atoms with Crippen LogP contribution >= 0.6 is 11.6 Å². The Kier molecular flexibility index (Phi) is 4.52. The van der Waals surface area contributed by atoms with E-state index in [2.05, 4.69) is 10.6 Å². The predicted octanol–water partition coefficient (Wildman–Crippen LogP) is 1.80. The van der Waals surface area contributed by atoms with E-state index in [1.807, 2.05) is 0 Å². The summed E-state index contributed by atoms with van der Waals surface area (Å²) in [5.74, 6) is -0.696. The highest BCUT2D eigenvalue weighted by Crippen LogP contribution is 2.18. The molecule has 1 unspecified atom stereocenters. The Morgan fingerprint density at radius 3 is 3.06 bits per heavy atom. The van der Waals surface area contributed by atoms with E-state index in [1.165, 1.54) is 18.2 Å². The Hall–Kier alpha value is -1.17. The Morgan fingerprint density at radius 1 is 1.56 bits per heavy atom. The van der Waals surface area contributed by atoms with Crippen LogP contribution in [0.15, 0.2) is 18.2 Å². The molecule has 0 saturated carbocycles. The SMILES string of the molecule is O=C(CC1CNCCO1)Nc1cc(F)cc(Cl)c1. The molecule has 1 atom stereocenters. The molecule has 0 bridgehead atoms. The van der Waals surface area contributed by atoms with Crippen molar-refractivity contribution in [3.63, 3.8) is 0 Å². The number of nitrogens with one attached hydrogen (secondary N) is 2. The van der Waals surface area contributed by atoms with Gasteiger partial charge >= 0.3 is 0 Å². The van der Waals surface area contributed by atoms with Gasteiger partial charge in [-0.05, 0) is 18.2 Å². The second-order valence-electron chi connectivity index (χ2n) is 4.11. The summed E-state index contributed by atoms with van der Waals surface area (Å²) in [6, 6.07) is 3.91. The zero-order chi connectivity index (χ0) is 13.0. The summed E-state index contributed by atoms with van der Waals surface area (Å²) in [6.45, 7) is 2.05. The van der Waals surface area contributed by atoms with Crippen LogP contribution in [0.1, 0.15) is 6.42 Å². The molecule has 1 fully saturated rings. The normalized spacial score (nSPS) is 19.6. The van der Waals surface area contributed by atoms with Gasteiger partial charge in [-0.25, -0.2) is 4.39 Å². The molecule has 1 aromatic carbocycles. The molecule has 1 saturated heterocycles. The van der Waals surface area contributed by atoms with E-state index in [4.69, 9.17) is 16.3 Å². The van der Waals surface area contributed by atoms with E-state index in [-0.39, 0.29) is 23.5 Å². The number of hydrogen-bond acceptors (Lipinski definition) is 3. The molecule has 98 valence electrons. The number of amides is 1. The molecule has 0 aromatic heterocycles. The molecule has 4 nitrogen and oxygen atoms in total. The number of ether oxygens (including phenoxy) is 1. The van der Waals surface area contributed by atoms with Crippen LogP contribution in [0, 0.1) is 5.82 Å². The molecule has 18 heavy (non-hydrogen) atoms. The quantitative estimate of drug-likeness (QED) is 0.882. The van der Waals surface area contributed by atoms with Gasteiger partial charge in [0.15, 0.2) is 0 Å². The van der Waals surface area contributed by atoms with Gasteiger partial charge in [-0.1, -0.05) is 11.6 Å². The summed E-state index contributed by atoms with van der Waals surface area (Å²) in [5.41, 5.74) is 0.355. The molecule has 2 rings (SSSR count). The smallest absolute Gasteiger partial charge is 0.227 e. The third-order valence-corrected chi connectivity index (χ3v) is 2.78. The van der Waals surface area contributed by atoms with E-state index in [0.29, 0.717) is 18.8 Å². The summed E-state index contributed by atoms with van der Waals surface area (Å²) in [7, 11) is 0. The van der Waals surface area contributed by atoms with Crippen LogP contribution < -0.4 is 10.6 Å². The lowest BCUT2D eigenvalue weighted by atomic mass is 10.2. The van der Waals surface area contributed by atoms with Gasteiger partial charge in [-0.15, -0.1) is 0 Å². The number of benzene rings is 1. The third kappa shape index (κ3) is 3.94. The van der Waals surface area contributed by atoms with Crippen molar-refractivity contribution in [1.82, 2.24) is 5.32 Å². The van der Waals surface area contributed by atoms with E-state index < -0.39 is 5.82 Å². The Bertz CT molecular complexity index is 416. The van der Waals surface area contributed by atoms with Crippen LogP contribution in [0.25, 0.3) is 0 Å². The maximum atomic E-state index is 13.1. The molecular formula is C12H14ClFN2O2. The van der Waals surface area contributed by atoms with Crippen LogP contribution in [-0.4, -0.2) is 31.7 Å². The van der Waals surface area contributed by atoms with Gasteiger partial charge in [0.25, 0.3) is 0 Å². The lowest BCUT2D eigenvalue weighted by Crippen LogP contribution is -2.40. The molecule has 0 radical (unpaired) electrons. The predicted molar refractivity (Wildman–Crippen MR) is 67.3 cm³/mol. The molecule has 1 amide bonds. The molecule has 1 aliphatic rings. The third-order valence-electron chi connectivity index (χ3n) is 2.56.